The molecule has 3 rings (SSSR count). The van der Waals surface area contributed by atoms with Crippen molar-refractivity contribution in [3.05, 3.63) is 47.0 Å². The summed E-state index contributed by atoms with van der Waals surface area (Å²) >= 11 is 1.33. The minimum atomic E-state index is -4.43. The first kappa shape index (κ1) is 18.4. The highest BCUT2D eigenvalue weighted by Crippen LogP contribution is 2.29. The Balaban J connectivity index is 1.55. The van der Waals surface area contributed by atoms with E-state index in [9.17, 15) is 22.8 Å². The fourth-order valence-electron chi connectivity index (χ4n) is 2.82. The highest BCUT2D eigenvalue weighted by Gasteiger charge is 2.31. The summed E-state index contributed by atoms with van der Waals surface area (Å²) in [5.41, 5.74) is -0.574. The molecule has 1 aromatic carbocycles. The molecule has 1 aliphatic rings. The predicted molar refractivity (Wildman–Crippen MR) is 90.8 cm³/mol. The summed E-state index contributed by atoms with van der Waals surface area (Å²) in [6.07, 6.45) is -1.82. The normalized spacial score (nSPS) is 15.7. The number of carbonyl (C=O) groups excluding carboxylic acids is 2. The Morgan fingerprint density at radius 3 is 2.35 bits per heavy atom. The van der Waals surface area contributed by atoms with E-state index < -0.39 is 11.7 Å². The van der Waals surface area contributed by atoms with Crippen molar-refractivity contribution in [2.45, 2.75) is 19.0 Å². The van der Waals surface area contributed by atoms with Gasteiger partial charge in [0, 0.05) is 36.1 Å². The number of halogens is 3. The van der Waals surface area contributed by atoms with Crippen molar-refractivity contribution in [2.24, 2.45) is 5.92 Å². The number of benzene rings is 1. The number of rotatable bonds is 3. The average molecular weight is 383 g/mol. The summed E-state index contributed by atoms with van der Waals surface area (Å²) in [5, 5.41) is 5.05. The number of hydrogen-bond donors (Lipinski definition) is 1. The van der Waals surface area contributed by atoms with Crippen LogP contribution < -0.4 is 5.32 Å². The van der Waals surface area contributed by atoms with Gasteiger partial charge in [-0.1, -0.05) is 0 Å². The molecule has 0 unspecified atom stereocenters. The summed E-state index contributed by atoms with van der Waals surface area (Å²) in [7, 11) is 0. The van der Waals surface area contributed by atoms with Crippen molar-refractivity contribution in [1.29, 1.82) is 0 Å². The van der Waals surface area contributed by atoms with Gasteiger partial charge in [-0.3, -0.25) is 9.59 Å². The van der Waals surface area contributed by atoms with Gasteiger partial charge in [0.1, 0.15) is 0 Å². The SMILES string of the molecule is O=C(Nc1nccs1)C1CCN(C(=O)c2ccc(C(F)(F)F)cc2)CC1. The van der Waals surface area contributed by atoms with E-state index in [0.717, 1.165) is 12.1 Å². The zero-order chi connectivity index (χ0) is 18.7. The fraction of sp³-hybridized carbons (Fsp3) is 0.353. The van der Waals surface area contributed by atoms with Crippen molar-refractivity contribution < 1.29 is 22.8 Å². The fourth-order valence-corrected chi connectivity index (χ4v) is 3.35. The largest absolute Gasteiger partial charge is 0.416 e. The second-order valence-corrected chi connectivity index (χ2v) is 6.86. The van der Waals surface area contributed by atoms with Crippen LogP contribution in [0.1, 0.15) is 28.8 Å². The number of amides is 2. The van der Waals surface area contributed by atoms with Crippen LogP contribution in [-0.2, 0) is 11.0 Å². The van der Waals surface area contributed by atoms with Gasteiger partial charge in [-0.05, 0) is 37.1 Å². The Kier molecular flexibility index (Phi) is 5.26. The van der Waals surface area contributed by atoms with Crippen molar-refractivity contribution in [2.75, 3.05) is 18.4 Å². The summed E-state index contributed by atoms with van der Waals surface area (Å²) in [5.74, 6) is -0.658. The zero-order valence-corrected chi connectivity index (χ0v) is 14.4. The predicted octanol–water partition coefficient (Wildman–Crippen LogP) is 3.65. The first-order valence-electron chi connectivity index (χ1n) is 8.01. The molecule has 1 aromatic heterocycles. The van der Waals surface area contributed by atoms with E-state index in [-0.39, 0.29) is 23.3 Å². The zero-order valence-electron chi connectivity index (χ0n) is 13.6. The van der Waals surface area contributed by atoms with Gasteiger partial charge in [0.25, 0.3) is 5.91 Å². The molecule has 1 saturated heterocycles. The molecule has 2 heterocycles. The van der Waals surface area contributed by atoms with E-state index in [1.54, 1.807) is 16.5 Å². The summed E-state index contributed by atoms with van der Waals surface area (Å²) in [6.45, 7) is 0.769. The number of piperidine rings is 1. The van der Waals surface area contributed by atoms with Crippen LogP contribution in [-0.4, -0.2) is 34.8 Å². The second kappa shape index (κ2) is 7.45. The number of nitrogens with one attached hydrogen (secondary N) is 1. The number of alkyl halides is 3. The number of anilines is 1. The van der Waals surface area contributed by atoms with Gasteiger partial charge in [-0.15, -0.1) is 11.3 Å². The first-order chi connectivity index (χ1) is 12.3. The quantitative estimate of drug-likeness (QED) is 0.880. The molecular weight excluding hydrogens is 367 g/mol. The molecule has 0 saturated carbocycles. The van der Waals surface area contributed by atoms with Crippen LogP contribution in [0.4, 0.5) is 18.3 Å². The number of nitrogens with zero attached hydrogens (tertiary/aromatic N) is 2. The van der Waals surface area contributed by atoms with Crippen molar-refractivity contribution in [3.63, 3.8) is 0 Å². The highest BCUT2D eigenvalue weighted by atomic mass is 32.1. The number of likely N-dealkylation sites (tertiary alicyclic amines) is 1. The maximum absolute atomic E-state index is 12.6. The Labute approximate surface area is 151 Å². The molecule has 2 aromatic rings. The van der Waals surface area contributed by atoms with E-state index in [1.807, 2.05) is 0 Å². The van der Waals surface area contributed by atoms with Gasteiger partial charge in [0.05, 0.1) is 5.56 Å². The van der Waals surface area contributed by atoms with Gasteiger partial charge in [-0.25, -0.2) is 4.98 Å². The lowest BCUT2D eigenvalue weighted by Crippen LogP contribution is -2.41. The first-order valence-corrected chi connectivity index (χ1v) is 8.89. The maximum atomic E-state index is 12.6. The standard InChI is InChI=1S/C17H16F3N3O2S/c18-17(19,20)13-3-1-12(2-4-13)15(25)23-8-5-11(6-9-23)14(24)22-16-21-7-10-26-16/h1-4,7,10-11H,5-6,8-9H2,(H,21,22,24). The summed E-state index contributed by atoms with van der Waals surface area (Å²) in [6, 6.07) is 4.18. The third-order valence-electron chi connectivity index (χ3n) is 4.27. The molecular formula is C17H16F3N3O2S. The van der Waals surface area contributed by atoms with Crippen molar-refractivity contribution >= 4 is 28.3 Å². The Morgan fingerprint density at radius 1 is 1.15 bits per heavy atom. The van der Waals surface area contributed by atoms with Crippen LogP contribution in [0.2, 0.25) is 0 Å². The summed E-state index contributed by atoms with van der Waals surface area (Å²) in [4.78, 5) is 30.2. The molecule has 26 heavy (non-hydrogen) atoms. The minimum absolute atomic E-state index is 0.124. The Bertz CT molecular complexity index is 768. The monoisotopic (exact) mass is 383 g/mol. The third kappa shape index (κ3) is 4.21. The molecule has 1 fully saturated rings. The van der Waals surface area contributed by atoms with Crippen LogP contribution in [0.15, 0.2) is 35.8 Å². The molecule has 1 aliphatic heterocycles. The third-order valence-corrected chi connectivity index (χ3v) is 4.96. The van der Waals surface area contributed by atoms with E-state index >= 15 is 0 Å². The molecule has 0 radical (unpaired) electrons. The smallest absolute Gasteiger partial charge is 0.339 e. The van der Waals surface area contributed by atoms with Gasteiger partial charge in [-0.2, -0.15) is 13.2 Å². The molecule has 0 spiro atoms. The lowest BCUT2D eigenvalue weighted by atomic mass is 9.95. The summed E-state index contributed by atoms with van der Waals surface area (Å²) < 4.78 is 37.8. The number of thiazole rings is 1. The average Bonchev–Trinajstić information content (AvgIpc) is 3.13. The molecule has 0 aliphatic carbocycles. The topological polar surface area (TPSA) is 62.3 Å². The molecule has 1 N–H and O–H groups in total. The van der Waals surface area contributed by atoms with Gasteiger partial charge >= 0.3 is 6.18 Å². The van der Waals surface area contributed by atoms with Crippen LogP contribution in [0, 0.1) is 5.92 Å². The lowest BCUT2D eigenvalue weighted by Gasteiger charge is -2.31. The molecule has 0 bridgehead atoms. The second-order valence-electron chi connectivity index (χ2n) is 5.97. The van der Waals surface area contributed by atoms with E-state index in [0.29, 0.717) is 31.1 Å². The van der Waals surface area contributed by atoms with Gasteiger partial charge < -0.3 is 10.2 Å². The molecule has 5 nitrogen and oxygen atoms in total. The highest BCUT2D eigenvalue weighted by molar-refractivity contribution is 7.13. The van der Waals surface area contributed by atoms with E-state index in [2.05, 4.69) is 10.3 Å². The van der Waals surface area contributed by atoms with Crippen molar-refractivity contribution in [3.8, 4) is 0 Å². The van der Waals surface area contributed by atoms with Crippen LogP contribution in [0.3, 0.4) is 0 Å². The Morgan fingerprint density at radius 2 is 1.81 bits per heavy atom. The van der Waals surface area contributed by atoms with Crippen LogP contribution in [0.25, 0.3) is 0 Å². The van der Waals surface area contributed by atoms with Crippen molar-refractivity contribution in [1.82, 2.24) is 9.88 Å². The number of carbonyl (C=O) groups is 2. The molecule has 2 amide bonds. The van der Waals surface area contributed by atoms with Crippen LogP contribution >= 0.6 is 11.3 Å². The lowest BCUT2D eigenvalue weighted by molar-refractivity contribution is -0.137. The van der Waals surface area contributed by atoms with E-state index in [4.69, 9.17) is 0 Å². The van der Waals surface area contributed by atoms with Crippen LogP contribution in [0.5, 0.6) is 0 Å². The van der Waals surface area contributed by atoms with E-state index in [1.165, 1.54) is 23.5 Å². The maximum Gasteiger partial charge on any atom is 0.416 e. The minimum Gasteiger partial charge on any atom is -0.339 e. The number of hydrogen-bond acceptors (Lipinski definition) is 4. The van der Waals surface area contributed by atoms with Gasteiger partial charge in [0.2, 0.25) is 5.91 Å². The molecule has 0 atom stereocenters. The molecule has 138 valence electrons. The van der Waals surface area contributed by atoms with Gasteiger partial charge in [0.15, 0.2) is 5.13 Å². The number of aromatic nitrogens is 1. The Hall–Kier alpha value is -2.42. The molecule has 9 heteroatoms.